The number of para-hydroxylation sites is 2. The van der Waals surface area contributed by atoms with Crippen molar-refractivity contribution < 1.29 is 24.1 Å². The summed E-state index contributed by atoms with van der Waals surface area (Å²) in [6.45, 7) is 38.3. The first-order chi connectivity index (χ1) is 46.0. The largest absolute Gasteiger partial charge is 0.507 e. The number of benzene rings is 10. The summed E-state index contributed by atoms with van der Waals surface area (Å²) >= 11 is 1.65. The predicted molar refractivity (Wildman–Crippen MR) is 416 cm³/mol. The van der Waals surface area contributed by atoms with Crippen LogP contribution in [0.25, 0.3) is 0 Å². The molecular formula is C86H97N4O5PS2. The average Bonchev–Trinajstić information content (AvgIpc) is 0.764. The molecule has 0 heterocycles. The Morgan fingerprint density at radius 2 is 0.724 bits per heavy atom. The van der Waals surface area contributed by atoms with Crippen molar-refractivity contribution in [3.63, 3.8) is 0 Å². The van der Waals surface area contributed by atoms with Crippen LogP contribution >= 0.6 is 18.9 Å². The molecule has 12 heteroatoms. The van der Waals surface area contributed by atoms with Gasteiger partial charge in [-0.2, -0.15) is 0 Å². The van der Waals surface area contributed by atoms with Crippen molar-refractivity contribution in [3.8, 4) is 17.2 Å². The van der Waals surface area contributed by atoms with Gasteiger partial charge < -0.3 is 19.9 Å². The second-order valence-electron chi connectivity index (χ2n) is 30.7. The van der Waals surface area contributed by atoms with E-state index in [-0.39, 0.29) is 49.7 Å². The Labute approximate surface area is 590 Å². The Hall–Kier alpha value is -8.73. The second kappa shape index (κ2) is 31.0. The molecule has 10 rings (SSSR count). The van der Waals surface area contributed by atoms with Crippen LogP contribution < -0.4 is 15.9 Å². The number of hydrogen-bond donors (Lipinski definition) is 3. The van der Waals surface area contributed by atoms with E-state index in [2.05, 4.69) is 170 Å². The molecule has 0 amide bonds. The predicted octanol–water partition coefficient (Wildman–Crippen LogP) is 22.8. The van der Waals surface area contributed by atoms with Crippen LogP contribution in [0.1, 0.15) is 169 Å². The summed E-state index contributed by atoms with van der Waals surface area (Å²) in [7, 11) is -4.53. The van der Waals surface area contributed by atoms with E-state index in [4.69, 9.17) is 4.99 Å². The molecule has 0 aromatic heterocycles. The highest BCUT2D eigenvalue weighted by atomic mass is 32.2. The second-order valence-corrected chi connectivity index (χ2v) is 36.0. The molecule has 0 saturated carbocycles. The van der Waals surface area contributed by atoms with Gasteiger partial charge in [0.1, 0.15) is 22.9 Å². The van der Waals surface area contributed by atoms with Gasteiger partial charge in [0.05, 0.1) is 32.8 Å². The monoisotopic (exact) mass is 1360 g/mol. The number of phenolic OH excluding ortho intramolecular Hbond substituents is 3. The highest BCUT2D eigenvalue weighted by Crippen LogP contribution is 2.47. The van der Waals surface area contributed by atoms with Crippen LogP contribution in [0.5, 0.6) is 17.2 Å². The molecule has 1 unspecified atom stereocenters. The van der Waals surface area contributed by atoms with Gasteiger partial charge >= 0.3 is 0 Å². The fraction of sp³-hybridized carbons (Fsp3) is 0.279. The first-order valence-corrected chi connectivity index (χ1v) is 37.0. The molecule has 10 aromatic rings. The van der Waals surface area contributed by atoms with E-state index >= 15 is 0 Å². The van der Waals surface area contributed by atoms with Gasteiger partial charge in [0, 0.05) is 70.8 Å². The molecule has 0 aliphatic carbocycles. The molecule has 0 radical (unpaired) electrons. The van der Waals surface area contributed by atoms with Gasteiger partial charge in [0.25, 0.3) is 0 Å². The van der Waals surface area contributed by atoms with Crippen molar-refractivity contribution in [2.45, 2.75) is 177 Å². The van der Waals surface area contributed by atoms with E-state index in [0.29, 0.717) is 38.4 Å². The Bertz CT molecular complexity index is 4500. The van der Waals surface area contributed by atoms with Crippen LogP contribution in [-0.4, -0.2) is 32.0 Å². The fourth-order valence-corrected chi connectivity index (χ4v) is 15.6. The third kappa shape index (κ3) is 18.9. The lowest BCUT2D eigenvalue weighted by atomic mass is 9.79. The first kappa shape index (κ1) is 75.0. The maximum absolute atomic E-state index is 15.0. The standard InChI is InChI=1S/C33H36NO2P.C27H31NO2S.C26H30N2OS/c1-32(2,3)25-21-24(31(35)28(22-25)33(4,5)6)23-34-29-19-13-14-20-30(29)37(36,26-15-9-7-10-16-26)27-17-11-8-12-18-27;1-26(2,3)20-16-19(25(29)22(17-20)27(4,5)6)18-28-23-14-10-11-15-24(23)31(30)21-12-8-7-9-13-21;1-25(2,3)18-16-20(26(4,5)6)24(29)22(17-18)28-27-21-14-10-11-15-23(21)30-19-12-8-7-9-13-19/h7-23,35H,1-6H3;7-18,29H,1-6H3;7-17,29H,1-6H3. The molecule has 1 atom stereocenters. The van der Waals surface area contributed by atoms with Gasteiger partial charge in [-0.3, -0.25) is 9.98 Å². The topological polar surface area (TPSA) is 144 Å². The summed E-state index contributed by atoms with van der Waals surface area (Å²) in [5, 5.41) is 44.4. The maximum atomic E-state index is 15.0. The summed E-state index contributed by atoms with van der Waals surface area (Å²) < 4.78 is 28.1. The summed E-state index contributed by atoms with van der Waals surface area (Å²) in [5.74, 6) is 0.675. The van der Waals surface area contributed by atoms with Crippen molar-refractivity contribution in [2.75, 3.05) is 0 Å². The molecule has 10 aromatic carbocycles. The molecule has 0 aliphatic heterocycles. The molecule has 0 bridgehead atoms. The SMILES string of the molecule is CC(C)(C)c1cc(C=Nc2ccccc2P(=O)(c2ccccc2)c2ccccc2)c(O)c(C(C)(C)C)c1.CC(C)(C)c1cc(C=Nc2ccccc2S(=O)c2ccccc2)c(O)c(C(C)(C)C)c1.CC(C)(C)c1cc(N=Nc2ccccc2Sc2ccccc2)c(O)c(C(C)(C)C)c1. The number of nitrogens with zero attached hydrogens (tertiary/aromatic N) is 4. The lowest BCUT2D eigenvalue weighted by Crippen LogP contribution is -2.25. The van der Waals surface area contributed by atoms with Crippen molar-refractivity contribution in [1.29, 1.82) is 0 Å². The number of aliphatic imine (C=N–C) groups is 2. The summed E-state index contributed by atoms with van der Waals surface area (Å²) in [6, 6.07) is 74.0. The quantitative estimate of drug-likeness (QED) is 0.0596. The molecule has 0 fully saturated rings. The summed E-state index contributed by atoms with van der Waals surface area (Å²) in [4.78, 5) is 13.0. The molecular weight excluding hydrogens is 1260 g/mol. The van der Waals surface area contributed by atoms with Crippen LogP contribution in [0.4, 0.5) is 22.7 Å². The first-order valence-electron chi connectivity index (χ1n) is 33.3. The third-order valence-electron chi connectivity index (χ3n) is 16.7. The smallest absolute Gasteiger partial charge is 0.173 e. The highest BCUT2D eigenvalue weighted by Gasteiger charge is 2.33. The molecule has 3 N–H and O–H groups in total. The zero-order chi connectivity index (χ0) is 71.6. The van der Waals surface area contributed by atoms with Crippen molar-refractivity contribution in [2.24, 2.45) is 20.2 Å². The van der Waals surface area contributed by atoms with Gasteiger partial charge in [-0.05, 0) is 128 Å². The normalized spacial score (nSPS) is 12.9. The van der Waals surface area contributed by atoms with E-state index < -0.39 is 17.9 Å². The highest BCUT2D eigenvalue weighted by molar-refractivity contribution is 7.99. The van der Waals surface area contributed by atoms with Gasteiger partial charge in [0.2, 0.25) is 0 Å². The number of phenols is 3. The lowest BCUT2D eigenvalue weighted by Gasteiger charge is -2.27. The number of hydrogen-bond acceptors (Lipinski definition) is 10. The number of azo groups is 1. The van der Waals surface area contributed by atoms with Crippen molar-refractivity contribution in [1.82, 2.24) is 0 Å². The van der Waals surface area contributed by atoms with E-state index in [9.17, 15) is 24.1 Å². The number of aromatic hydroxyl groups is 3. The maximum Gasteiger partial charge on any atom is 0.173 e. The molecule has 9 nitrogen and oxygen atoms in total. The van der Waals surface area contributed by atoms with Crippen molar-refractivity contribution >= 4 is 80.8 Å². The van der Waals surface area contributed by atoms with Crippen LogP contribution in [0.2, 0.25) is 0 Å². The van der Waals surface area contributed by atoms with Crippen LogP contribution in [0.3, 0.4) is 0 Å². The average molecular weight is 1360 g/mol. The summed E-state index contributed by atoms with van der Waals surface area (Å²) in [6.07, 6.45) is 3.39. The summed E-state index contributed by atoms with van der Waals surface area (Å²) in [5.41, 5.74) is 9.06. The lowest BCUT2D eigenvalue weighted by molar-refractivity contribution is 0.443. The minimum Gasteiger partial charge on any atom is -0.507 e. The van der Waals surface area contributed by atoms with E-state index in [1.807, 2.05) is 200 Å². The minimum atomic E-state index is -3.20. The Kier molecular flexibility index (Phi) is 23.7. The Morgan fingerprint density at radius 1 is 0.367 bits per heavy atom. The molecule has 98 heavy (non-hydrogen) atoms. The minimum absolute atomic E-state index is 0.0565. The van der Waals surface area contributed by atoms with E-state index in [1.54, 1.807) is 24.2 Å². The van der Waals surface area contributed by atoms with Gasteiger partial charge in [-0.1, -0.05) is 288 Å². The zero-order valence-corrected chi connectivity index (χ0v) is 62.8. The van der Waals surface area contributed by atoms with Crippen LogP contribution in [0.15, 0.2) is 270 Å². The van der Waals surface area contributed by atoms with Gasteiger partial charge in [-0.25, -0.2) is 4.21 Å². The van der Waals surface area contributed by atoms with E-state index in [1.165, 1.54) is 0 Å². The van der Waals surface area contributed by atoms with Gasteiger partial charge in [0.15, 0.2) is 7.14 Å². The van der Waals surface area contributed by atoms with Crippen LogP contribution in [-0.2, 0) is 47.9 Å². The molecule has 0 spiro atoms. The van der Waals surface area contributed by atoms with Gasteiger partial charge in [-0.15, -0.1) is 10.2 Å². The molecule has 508 valence electrons. The Morgan fingerprint density at radius 3 is 1.18 bits per heavy atom. The van der Waals surface area contributed by atoms with Crippen LogP contribution in [0, 0.1) is 0 Å². The number of rotatable bonds is 13. The van der Waals surface area contributed by atoms with E-state index in [0.717, 1.165) is 64.4 Å². The molecule has 0 aliphatic rings. The molecule has 0 saturated heterocycles. The third-order valence-corrected chi connectivity index (χ3v) is 22.3. The van der Waals surface area contributed by atoms with Crippen molar-refractivity contribution in [3.05, 3.63) is 275 Å². The zero-order valence-electron chi connectivity index (χ0n) is 60.3. The Balaban J connectivity index is 0.000000189. The fourth-order valence-electron chi connectivity index (χ4n) is 10.8.